The maximum Gasteiger partial charge on any atom is 0.573 e. The molecule has 0 amide bonds. The Balaban J connectivity index is 2.77. The molecule has 1 aromatic rings. The molecule has 0 atom stereocenters. The Hall–Kier alpha value is -1.97. The maximum atomic E-state index is 12.4. The summed E-state index contributed by atoms with van der Waals surface area (Å²) in [6.07, 6.45) is -4.78. The third-order valence-corrected chi connectivity index (χ3v) is 4.80. The predicted molar refractivity (Wildman–Crippen MR) is 90.3 cm³/mol. The van der Waals surface area contributed by atoms with Crippen molar-refractivity contribution in [3.8, 4) is 5.75 Å². The monoisotopic (exact) mass is 381 g/mol. The highest BCUT2D eigenvalue weighted by Gasteiger charge is 2.31. The van der Waals surface area contributed by atoms with E-state index >= 15 is 0 Å². The van der Waals surface area contributed by atoms with Crippen molar-refractivity contribution in [2.75, 3.05) is 24.6 Å². The summed E-state index contributed by atoms with van der Waals surface area (Å²) in [6.45, 7) is 4.00. The molecule has 2 N–H and O–H groups in total. The molecule has 0 unspecified atom stereocenters. The third-order valence-electron chi connectivity index (χ3n) is 3.10. The quantitative estimate of drug-likeness (QED) is 0.532. The molecule has 0 aliphatic carbocycles. The van der Waals surface area contributed by atoms with E-state index in [0.717, 1.165) is 0 Å². The second-order valence-corrected chi connectivity index (χ2v) is 7.49. The van der Waals surface area contributed by atoms with Crippen LogP contribution in [0.4, 0.5) is 13.2 Å². The van der Waals surface area contributed by atoms with Gasteiger partial charge in [-0.05, 0) is 13.0 Å². The minimum atomic E-state index is -4.78. The van der Waals surface area contributed by atoms with Gasteiger partial charge in [0.1, 0.15) is 5.75 Å². The summed E-state index contributed by atoms with van der Waals surface area (Å²) >= 11 is 0. The predicted octanol–water partition coefficient (Wildman–Crippen LogP) is 2.08. The number of rotatable bonds is 8. The maximum absolute atomic E-state index is 12.4. The lowest BCUT2D eigenvalue weighted by Crippen LogP contribution is -2.39. The molecule has 0 heterocycles. The fraction of sp³-hybridized carbons (Fsp3) is 0.533. The Kier molecular flexibility index (Phi) is 8.01. The van der Waals surface area contributed by atoms with Crippen LogP contribution in [-0.4, -0.2) is 45.3 Å². The van der Waals surface area contributed by atoms with Crippen molar-refractivity contribution in [1.82, 2.24) is 10.6 Å². The van der Waals surface area contributed by atoms with Gasteiger partial charge in [-0.2, -0.15) is 0 Å². The van der Waals surface area contributed by atoms with Crippen LogP contribution >= 0.6 is 0 Å². The van der Waals surface area contributed by atoms with Crippen molar-refractivity contribution < 1.29 is 26.3 Å². The van der Waals surface area contributed by atoms with Crippen molar-refractivity contribution >= 4 is 15.8 Å². The van der Waals surface area contributed by atoms with Crippen LogP contribution in [0.1, 0.15) is 19.4 Å². The lowest BCUT2D eigenvalue weighted by molar-refractivity contribution is -0.274. The number of alkyl halides is 3. The Labute approximate surface area is 145 Å². The molecule has 0 fully saturated rings. The van der Waals surface area contributed by atoms with Gasteiger partial charge in [0.05, 0.1) is 12.3 Å². The summed E-state index contributed by atoms with van der Waals surface area (Å²) in [5.74, 6) is -0.00887. The van der Waals surface area contributed by atoms with Crippen molar-refractivity contribution in [1.29, 1.82) is 0 Å². The van der Waals surface area contributed by atoms with Gasteiger partial charge >= 0.3 is 6.36 Å². The molecule has 0 aromatic heterocycles. The highest BCUT2D eigenvalue weighted by atomic mass is 32.2. The standard InChI is InChI=1S/C15H22F3N3O3S/c1-3-19-14(20-9-10-25(22,23)4-2)21-11-12-7-5-6-8-13(12)24-15(16,17)18/h5-8H,3-4,9-11H2,1-2H3,(H2,19,20,21). The Morgan fingerprint density at radius 1 is 1.20 bits per heavy atom. The molecular weight excluding hydrogens is 359 g/mol. The number of aliphatic imine (C=N–C) groups is 1. The number of sulfone groups is 1. The van der Waals surface area contributed by atoms with Crippen LogP contribution in [0.5, 0.6) is 5.75 Å². The molecule has 0 bridgehead atoms. The van der Waals surface area contributed by atoms with E-state index in [2.05, 4.69) is 20.4 Å². The number of para-hydroxylation sites is 1. The third kappa shape index (κ3) is 8.62. The van der Waals surface area contributed by atoms with Crippen molar-refractivity contribution in [2.24, 2.45) is 4.99 Å². The van der Waals surface area contributed by atoms with E-state index in [-0.39, 0.29) is 35.9 Å². The second kappa shape index (κ2) is 9.50. The zero-order valence-corrected chi connectivity index (χ0v) is 14.9. The highest BCUT2D eigenvalue weighted by Crippen LogP contribution is 2.26. The summed E-state index contributed by atoms with van der Waals surface area (Å²) < 4.78 is 64.2. The molecule has 0 radical (unpaired) electrons. The van der Waals surface area contributed by atoms with Crippen molar-refractivity contribution in [3.63, 3.8) is 0 Å². The number of guanidine groups is 1. The van der Waals surface area contributed by atoms with Crippen LogP contribution < -0.4 is 15.4 Å². The Morgan fingerprint density at radius 3 is 2.48 bits per heavy atom. The van der Waals surface area contributed by atoms with Crippen LogP contribution in [0.15, 0.2) is 29.3 Å². The lowest BCUT2D eigenvalue weighted by Gasteiger charge is -2.14. The number of halogens is 3. The lowest BCUT2D eigenvalue weighted by atomic mass is 10.2. The van der Waals surface area contributed by atoms with Gasteiger partial charge in [-0.1, -0.05) is 25.1 Å². The van der Waals surface area contributed by atoms with Crippen molar-refractivity contribution in [3.05, 3.63) is 29.8 Å². The van der Waals surface area contributed by atoms with E-state index in [1.54, 1.807) is 13.0 Å². The normalized spacial score (nSPS) is 12.8. The van der Waals surface area contributed by atoms with Crippen LogP contribution in [0.25, 0.3) is 0 Å². The molecule has 25 heavy (non-hydrogen) atoms. The number of nitrogens with zero attached hydrogens (tertiary/aromatic N) is 1. The summed E-state index contributed by atoms with van der Waals surface area (Å²) in [4.78, 5) is 4.17. The molecule has 6 nitrogen and oxygen atoms in total. The smallest absolute Gasteiger partial charge is 0.405 e. The highest BCUT2D eigenvalue weighted by molar-refractivity contribution is 7.91. The van der Waals surface area contributed by atoms with Gasteiger partial charge in [0.15, 0.2) is 15.8 Å². The van der Waals surface area contributed by atoms with Gasteiger partial charge in [0.25, 0.3) is 0 Å². The molecule has 0 aliphatic rings. The van der Waals surface area contributed by atoms with E-state index in [1.165, 1.54) is 18.2 Å². The summed E-state index contributed by atoms with van der Waals surface area (Å²) in [7, 11) is -3.11. The van der Waals surface area contributed by atoms with Gasteiger partial charge in [-0.25, -0.2) is 13.4 Å². The van der Waals surface area contributed by atoms with Gasteiger partial charge in [0.2, 0.25) is 0 Å². The zero-order valence-electron chi connectivity index (χ0n) is 14.1. The molecular formula is C15H22F3N3O3S. The minimum absolute atomic E-state index is 0.0461. The van der Waals surface area contributed by atoms with Crippen LogP contribution in [-0.2, 0) is 16.4 Å². The summed E-state index contributed by atoms with van der Waals surface area (Å²) in [5.41, 5.74) is 0.262. The zero-order chi connectivity index (χ0) is 18.9. The summed E-state index contributed by atoms with van der Waals surface area (Å²) in [5, 5.41) is 5.75. The SMILES string of the molecule is CCNC(=NCc1ccccc1OC(F)(F)F)NCCS(=O)(=O)CC. The van der Waals surface area contributed by atoms with E-state index in [9.17, 15) is 21.6 Å². The van der Waals surface area contributed by atoms with Gasteiger partial charge in [-0.3, -0.25) is 0 Å². The molecule has 1 rings (SSSR count). The number of benzene rings is 1. The van der Waals surface area contributed by atoms with E-state index in [0.29, 0.717) is 12.5 Å². The Morgan fingerprint density at radius 2 is 1.88 bits per heavy atom. The van der Waals surface area contributed by atoms with Crippen LogP contribution in [0.2, 0.25) is 0 Å². The molecule has 1 aromatic carbocycles. The van der Waals surface area contributed by atoms with Gasteiger partial charge < -0.3 is 15.4 Å². The van der Waals surface area contributed by atoms with Gasteiger partial charge in [-0.15, -0.1) is 13.2 Å². The number of hydrogen-bond acceptors (Lipinski definition) is 4. The van der Waals surface area contributed by atoms with E-state index < -0.39 is 16.2 Å². The summed E-state index contributed by atoms with van der Waals surface area (Å²) in [6, 6.07) is 5.72. The first-order valence-electron chi connectivity index (χ1n) is 7.73. The number of ether oxygens (including phenoxy) is 1. The fourth-order valence-electron chi connectivity index (χ4n) is 1.83. The number of nitrogens with one attached hydrogen (secondary N) is 2. The molecule has 0 saturated heterocycles. The minimum Gasteiger partial charge on any atom is -0.405 e. The van der Waals surface area contributed by atoms with Crippen LogP contribution in [0, 0.1) is 0 Å². The number of hydrogen-bond donors (Lipinski definition) is 2. The first kappa shape index (κ1) is 21.1. The molecule has 142 valence electrons. The van der Waals surface area contributed by atoms with Gasteiger partial charge in [0, 0.05) is 24.4 Å². The molecule has 0 aliphatic heterocycles. The largest absolute Gasteiger partial charge is 0.573 e. The average molecular weight is 381 g/mol. The van der Waals surface area contributed by atoms with E-state index in [4.69, 9.17) is 0 Å². The second-order valence-electron chi connectivity index (χ2n) is 5.01. The van der Waals surface area contributed by atoms with E-state index in [1.807, 2.05) is 6.92 Å². The molecule has 0 spiro atoms. The first-order chi connectivity index (χ1) is 11.7. The Bertz CT molecular complexity index is 676. The van der Waals surface area contributed by atoms with Crippen molar-refractivity contribution in [2.45, 2.75) is 26.8 Å². The molecule has 10 heteroatoms. The van der Waals surface area contributed by atoms with Crippen LogP contribution in [0.3, 0.4) is 0 Å². The average Bonchev–Trinajstić information content (AvgIpc) is 2.52. The molecule has 0 saturated carbocycles. The fourth-order valence-corrected chi connectivity index (χ4v) is 2.54. The topological polar surface area (TPSA) is 79.8 Å². The first-order valence-corrected chi connectivity index (χ1v) is 9.55.